The number of carbonyl (C=O) groups is 1. The van der Waals surface area contributed by atoms with Crippen molar-refractivity contribution in [3.05, 3.63) is 28.8 Å². The average molecular weight is 365 g/mol. The average Bonchev–Trinajstić information content (AvgIpc) is 3.16. The van der Waals surface area contributed by atoms with Gasteiger partial charge in [-0.15, -0.1) is 0 Å². The molecule has 3 rings (SSSR count). The maximum absolute atomic E-state index is 13.3. The summed E-state index contributed by atoms with van der Waals surface area (Å²) in [6, 6.07) is 3.42. The third-order valence-corrected chi connectivity index (χ3v) is 7.59. The first kappa shape index (κ1) is 18.4. The van der Waals surface area contributed by atoms with Crippen LogP contribution in [0, 0.1) is 20.8 Å². The highest BCUT2D eigenvalue weighted by atomic mass is 32.2. The molecule has 138 valence electrons. The zero-order valence-electron chi connectivity index (χ0n) is 15.3. The summed E-state index contributed by atoms with van der Waals surface area (Å²) in [7, 11) is -3.67. The van der Waals surface area contributed by atoms with E-state index >= 15 is 0 Å². The Morgan fingerprint density at radius 3 is 2.24 bits per heavy atom. The molecule has 0 radical (unpaired) electrons. The Hall–Kier alpha value is -1.40. The fourth-order valence-electron chi connectivity index (χ4n) is 4.35. The number of hydrogen-bond donors (Lipinski definition) is 1. The van der Waals surface area contributed by atoms with Crippen LogP contribution in [0.3, 0.4) is 0 Å². The van der Waals surface area contributed by atoms with Gasteiger partial charge in [-0.3, -0.25) is 4.79 Å². The first-order valence-corrected chi connectivity index (χ1v) is 10.6. The molecule has 1 atom stereocenters. The van der Waals surface area contributed by atoms with Gasteiger partial charge in [0.15, 0.2) is 0 Å². The van der Waals surface area contributed by atoms with Gasteiger partial charge in [0.1, 0.15) is 6.04 Å². The lowest BCUT2D eigenvalue weighted by molar-refractivity contribution is -0.124. The normalized spacial score (nSPS) is 22.4. The van der Waals surface area contributed by atoms with Crippen LogP contribution in [0.4, 0.5) is 0 Å². The standard InChI is InChI=1S/C19H28N2O3S/c1-13-11-14(2)18(15(3)12-13)25(23,24)21-10-6-9-17(21)19(22)20-16-7-4-5-8-16/h11-12,16-17H,4-10H2,1-3H3,(H,20,22)/t17-/m1/s1. The van der Waals surface area contributed by atoms with Crippen LogP contribution in [0.5, 0.6) is 0 Å². The van der Waals surface area contributed by atoms with Crippen molar-refractivity contribution in [2.45, 2.75) is 76.3 Å². The molecule has 0 unspecified atom stereocenters. The summed E-state index contributed by atoms with van der Waals surface area (Å²) in [6.07, 6.45) is 5.61. The second kappa shape index (κ2) is 7.08. The fourth-order valence-corrected chi connectivity index (χ4v) is 6.42. The van der Waals surface area contributed by atoms with Crippen LogP contribution in [0.1, 0.15) is 55.2 Å². The minimum Gasteiger partial charge on any atom is -0.352 e. The van der Waals surface area contributed by atoms with Crippen LogP contribution in [0.25, 0.3) is 0 Å². The number of benzene rings is 1. The van der Waals surface area contributed by atoms with Crippen LogP contribution in [-0.2, 0) is 14.8 Å². The van der Waals surface area contributed by atoms with Crippen LogP contribution < -0.4 is 5.32 Å². The molecule has 1 heterocycles. The largest absolute Gasteiger partial charge is 0.352 e. The fraction of sp³-hybridized carbons (Fsp3) is 0.632. The molecule has 25 heavy (non-hydrogen) atoms. The van der Waals surface area contributed by atoms with Gasteiger partial charge < -0.3 is 5.32 Å². The quantitative estimate of drug-likeness (QED) is 0.893. The first-order chi connectivity index (χ1) is 11.8. The molecule has 6 heteroatoms. The number of nitrogens with one attached hydrogen (secondary N) is 1. The molecule has 2 fully saturated rings. The number of aryl methyl sites for hydroxylation is 3. The smallest absolute Gasteiger partial charge is 0.244 e. The van der Waals surface area contributed by atoms with Gasteiger partial charge in [-0.1, -0.05) is 30.5 Å². The Kier molecular flexibility index (Phi) is 5.21. The summed E-state index contributed by atoms with van der Waals surface area (Å²) in [4.78, 5) is 13.1. The maximum atomic E-state index is 13.3. The summed E-state index contributed by atoms with van der Waals surface area (Å²) < 4.78 is 28.0. The lowest BCUT2D eigenvalue weighted by atomic mass is 10.1. The van der Waals surface area contributed by atoms with E-state index in [2.05, 4.69) is 5.32 Å². The van der Waals surface area contributed by atoms with Crippen molar-refractivity contribution in [2.75, 3.05) is 6.54 Å². The van der Waals surface area contributed by atoms with Gasteiger partial charge in [-0.2, -0.15) is 4.31 Å². The van der Waals surface area contributed by atoms with E-state index in [0.717, 1.165) is 48.8 Å². The Bertz CT molecular complexity index is 744. The van der Waals surface area contributed by atoms with Gasteiger partial charge in [0.2, 0.25) is 15.9 Å². The molecule has 1 aromatic rings. The number of carbonyl (C=O) groups excluding carboxylic acids is 1. The van der Waals surface area contributed by atoms with E-state index in [0.29, 0.717) is 17.9 Å². The summed E-state index contributed by atoms with van der Waals surface area (Å²) in [6.45, 7) is 6.04. The molecule has 5 nitrogen and oxygen atoms in total. The minimum atomic E-state index is -3.67. The van der Waals surface area contributed by atoms with Crippen LogP contribution in [0.15, 0.2) is 17.0 Å². The van der Waals surface area contributed by atoms with Gasteiger partial charge in [-0.05, 0) is 57.6 Å². The van der Waals surface area contributed by atoms with Crippen LogP contribution >= 0.6 is 0 Å². The van der Waals surface area contributed by atoms with E-state index in [1.165, 1.54) is 4.31 Å². The van der Waals surface area contributed by atoms with Gasteiger partial charge in [0, 0.05) is 12.6 Å². The molecule has 1 N–H and O–H groups in total. The van der Waals surface area contributed by atoms with Crippen molar-refractivity contribution in [1.82, 2.24) is 9.62 Å². The number of nitrogens with zero attached hydrogens (tertiary/aromatic N) is 1. The summed E-state index contributed by atoms with van der Waals surface area (Å²) in [5.74, 6) is -0.129. The Morgan fingerprint density at radius 1 is 1.04 bits per heavy atom. The predicted molar refractivity (Wildman–Crippen MR) is 98.0 cm³/mol. The number of hydrogen-bond acceptors (Lipinski definition) is 3. The molecule has 1 saturated heterocycles. The van der Waals surface area contributed by atoms with Crippen molar-refractivity contribution in [2.24, 2.45) is 0 Å². The van der Waals surface area contributed by atoms with E-state index in [1.807, 2.05) is 32.9 Å². The molecular formula is C19H28N2O3S. The lowest BCUT2D eigenvalue weighted by Gasteiger charge is -2.26. The van der Waals surface area contributed by atoms with E-state index in [-0.39, 0.29) is 11.9 Å². The molecule has 1 saturated carbocycles. The molecule has 1 aliphatic heterocycles. The molecule has 0 spiro atoms. The maximum Gasteiger partial charge on any atom is 0.244 e. The minimum absolute atomic E-state index is 0.129. The van der Waals surface area contributed by atoms with Crippen molar-refractivity contribution >= 4 is 15.9 Å². The highest BCUT2D eigenvalue weighted by Gasteiger charge is 2.41. The van der Waals surface area contributed by atoms with Gasteiger partial charge >= 0.3 is 0 Å². The van der Waals surface area contributed by atoms with Crippen LogP contribution in [-0.4, -0.2) is 37.3 Å². The SMILES string of the molecule is Cc1cc(C)c(S(=O)(=O)N2CCC[C@@H]2C(=O)NC2CCCC2)c(C)c1. The summed E-state index contributed by atoms with van der Waals surface area (Å²) >= 11 is 0. The highest BCUT2D eigenvalue weighted by molar-refractivity contribution is 7.89. The van der Waals surface area contributed by atoms with E-state index < -0.39 is 16.1 Å². The molecule has 0 aromatic heterocycles. The second-order valence-electron chi connectivity index (χ2n) is 7.49. The third kappa shape index (κ3) is 3.60. The highest BCUT2D eigenvalue weighted by Crippen LogP contribution is 2.31. The van der Waals surface area contributed by atoms with Crippen LogP contribution in [0.2, 0.25) is 0 Å². The Labute approximate surface area is 150 Å². The lowest BCUT2D eigenvalue weighted by Crippen LogP contribution is -2.48. The molecule has 0 bridgehead atoms. The number of sulfonamides is 1. The topological polar surface area (TPSA) is 66.5 Å². The van der Waals surface area contributed by atoms with Gasteiger partial charge in [-0.25, -0.2) is 8.42 Å². The van der Waals surface area contributed by atoms with Crippen molar-refractivity contribution in [3.8, 4) is 0 Å². The van der Waals surface area contributed by atoms with Crippen molar-refractivity contribution < 1.29 is 13.2 Å². The second-order valence-corrected chi connectivity index (χ2v) is 9.32. The van der Waals surface area contributed by atoms with E-state index in [1.54, 1.807) is 0 Å². The first-order valence-electron chi connectivity index (χ1n) is 9.21. The summed E-state index contributed by atoms with van der Waals surface area (Å²) in [5, 5.41) is 3.07. The van der Waals surface area contributed by atoms with Crippen molar-refractivity contribution in [1.29, 1.82) is 0 Å². The summed E-state index contributed by atoms with van der Waals surface area (Å²) in [5.41, 5.74) is 2.55. The molecule has 1 amide bonds. The number of amides is 1. The van der Waals surface area contributed by atoms with Crippen molar-refractivity contribution in [3.63, 3.8) is 0 Å². The van der Waals surface area contributed by atoms with Gasteiger partial charge in [0.05, 0.1) is 4.90 Å². The van der Waals surface area contributed by atoms with E-state index in [4.69, 9.17) is 0 Å². The Balaban J connectivity index is 1.87. The Morgan fingerprint density at radius 2 is 1.64 bits per heavy atom. The monoisotopic (exact) mass is 364 g/mol. The van der Waals surface area contributed by atoms with Gasteiger partial charge in [0.25, 0.3) is 0 Å². The third-order valence-electron chi connectivity index (χ3n) is 5.38. The molecular weight excluding hydrogens is 336 g/mol. The number of rotatable bonds is 4. The zero-order valence-corrected chi connectivity index (χ0v) is 16.2. The molecule has 1 aromatic carbocycles. The zero-order chi connectivity index (χ0) is 18.2. The molecule has 1 aliphatic carbocycles. The predicted octanol–water partition coefficient (Wildman–Crippen LogP) is 2.82. The van der Waals surface area contributed by atoms with E-state index in [9.17, 15) is 13.2 Å². The molecule has 2 aliphatic rings.